The zero-order valence-electron chi connectivity index (χ0n) is 17.5. The number of halogens is 1. The summed E-state index contributed by atoms with van der Waals surface area (Å²) in [6.07, 6.45) is 6.66. The van der Waals surface area contributed by atoms with Crippen LogP contribution in [0.3, 0.4) is 0 Å². The second-order valence-corrected chi connectivity index (χ2v) is 9.85. The lowest BCUT2D eigenvalue weighted by Gasteiger charge is -2.36. The molecule has 30 heavy (non-hydrogen) atoms. The van der Waals surface area contributed by atoms with Gasteiger partial charge in [-0.05, 0) is 68.9 Å². The Morgan fingerprint density at radius 1 is 1.30 bits per heavy atom. The number of nitrogens with one attached hydrogen (secondary N) is 3. The van der Waals surface area contributed by atoms with Crippen LogP contribution < -0.4 is 15.5 Å². The highest BCUT2D eigenvalue weighted by Gasteiger charge is 2.35. The minimum atomic E-state index is -0.628. The molecule has 2 amide bonds. The van der Waals surface area contributed by atoms with E-state index in [1.54, 1.807) is 17.3 Å². The summed E-state index contributed by atoms with van der Waals surface area (Å²) in [5.74, 6) is 0.0768. The Morgan fingerprint density at radius 3 is 2.70 bits per heavy atom. The van der Waals surface area contributed by atoms with Gasteiger partial charge in [0.05, 0.1) is 27.3 Å². The molecule has 9 heteroatoms. The summed E-state index contributed by atoms with van der Waals surface area (Å²) in [5, 5.41) is 7.09. The van der Waals surface area contributed by atoms with Crippen molar-refractivity contribution in [2.75, 3.05) is 23.3 Å². The standard InChI is InChI=1S/C21H28BrN5O3/c1-21(2,3)30-20(29)27(13-5-4-8-23-9-13)17-14(22)10-24-18-16(17)15(11-25-18)26-19(28)12-6-7-12/h10-13,23H,4-9H2,1-3H3,(H,24,25)(H,26,28)/t13-/m1/s1. The Hall–Kier alpha value is -2.13. The van der Waals surface area contributed by atoms with Crippen LogP contribution in [0.1, 0.15) is 46.5 Å². The molecule has 1 saturated carbocycles. The maximum atomic E-state index is 13.4. The van der Waals surface area contributed by atoms with Crippen molar-refractivity contribution in [3.05, 3.63) is 16.9 Å². The molecule has 0 aromatic carbocycles. The van der Waals surface area contributed by atoms with E-state index in [0.717, 1.165) is 32.2 Å². The number of aromatic nitrogens is 2. The molecule has 1 saturated heterocycles. The highest BCUT2D eigenvalue weighted by Crippen LogP contribution is 2.41. The van der Waals surface area contributed by atoms with Gasteiger partial charge in [0.1, 0.15) is 11.2 Å². The van der Waals surface area contributed by atoms with Crippen molar-refractivity contribution in [2.24, 2.45) is 5.92 Å². The quantitative estimate of drug-likeness (QED) is 0.613. The van der Waals surface area contributed by atoms with Gasteiger partial charge in [-0.3, -0.25) is 9.69 Å². The molecule has 3 heterocycles. The molecule has 1 aliphatic carbocycles. The van der Waals surface area contributed by atoms with E-state index in [-0.39, 0.29) is 17.9 Å². The fraction of sp³-hybridized carbons (Fsp3) is 0.571. The second-order valence-electron chi connectivity index (χ2n) is 8.99. The highest BCUT2D eigenvalue weighted by molar-refractivity contribution is 9.10. The topological polar surface area (TPSA) is 99.3 Å². The molecular formula is C21H28BrN5O3. The number of fused-ring (bicyclic) bond motifs is 1. The number of aromatic amines is 1. The molecule has 1 atom stereocenters. The zero-order valence-corrected chi connectivity index (χ0v) is 19.1. The summed E-state index contributed by atoms with van der Waals surface area (Å²) in [5.41, 5.74) is 1.27. The van der Waals surface area contributed by atoms with E-state index in [1.165, 1.54) is 0 Å². The van der Waals surface area contributed by atoms with Gasteiger partial charge < -0.3 is 20.4 Å². The maximum absolute atomic E-state index is 13.4. The monoisotopic (exact) mass is 477 g/mol. The number of amides is 2. The second kappa shape index (κ2) is 8.19. The van der Waals surface area contributed by atoms with E-state index in [2.05, 4.69) is 36.5 Å². The number of carbonyl (C=O) groups is 2. The zero-order chi connectivity index (χ0) is 21.5. The lowest BCUT2D eigenvalue weighted by molar-refractivity contribution is -0.117. The summed E-state index contributed by atoms with van der Waals surface area (Å²) >= 11 is 3.60. The maximum Gasteiger partial charge on any atom is 0.415 e. The van der Waals surface area contributed by atoms with Crippen LogP contribution in [0.15, 0.2) is 16.9 Å². The molecule has 162 valence electrons. The van der Waals surface area contributed by atoms with Gasteiger partial charge in [0.25, 0.3) is 0 Å². The van der Waals surface area contributed by atoms with Crippen molar-refractivity contribution in [3.63, 3.8) is 0 Å². The van der Waals surface area contributed by atoms with Crippen molar-refractivity contribution in [1.29, 1.82) is 0 Å². The molecule has 1 aliphatic heterocycles. The Morgan fingerprint density at radius 2 is 2.07 bits per heavy atom. The molecule has 0 radical (unpaired) electrons. The number of hydrogen-bond donors (Lipinski definition) is 3. The van der Waals surface area contributed by atoms with Crippen LogP contribution in [0.4, 0.5) is 16.2 Å². The van der Waals surface area contributed by atoms with Crippen LogP contribution in [-0.4, -0.2) is 46.7 Å². The average molecular weight is 478 g/mol. The van der Waals surface area contributed by atoms with Gasteiger partial charge in [-0.15, -0.1) is 0 Å². The van der Waals surface area contributed by atoms with Crippen LogP contribution in [0.25, 0.3) is 11.0 Å². The normalized spacial score (nSPS) is 19.5. The Labute approximate surface area is 184 Å². The molecule has 0 unspecified atom stereocenters. The number of nitrogens with zero attached hydrogens (tertiary/aromatic N) is 2. The summed E-state index contributed by atoms with van der Waals surface area (Å²) in [7, 11) is 0. The van der Waals surface area contributed by atoms with Crippen molar-refractivity contribution in [2.45, 2.75) is 58.1 Å². The van der Waals surface area contributed by atoms with Gasteiger partial charge in [0.15, 0.2) is 0 Å². The van der Waals surface area contributed by atoms with Crippen LogP contribution in [0, 0.1) is 5.92 Å². The number of hydrogen-bond acceptors (Lipinski definition) is 5. The van der Waals surface area contributed by atoms with Gasteiger partial charge >= 0.3 is 6.09 Å². The molecule has 4 rings (SSSR count). The molecule has 0 spiro atoms. The van der Waals surface area contributed by atoms with E-state index in [4.69, 9.17) is 4.74 Å². The lowest BCUT2D eigenvalue weighted by atomic mass is 10.0. The van der Waals surface area contributed by atoms with E-state index in [0.29, 0.717) is 33.4 Å². The van der Waals surface area contributed by atoms with Crippen molar-refractivity contribution >= 4 is 50.3 Å². The molecule has 2 fully saturated rings. The molecule has 0 bridgehead atoms. The average Bonchev–Trinajstić information content (AvgIpc) is 3.46. The van der Waals surface area contributed by atoms with E-state index >= 15 is 0 Å². The molecule has 8 nitrogen and oxygen atoms in total. The Balaban J connectivity index is 1.80. The number of rotatable bonds is 4. The van der Waals surface area contributed by atoms with Crippen molar-refractivity contribution in [3.8, 4) is 0 Å². The minimum absolute atomic E-state index is 0.00461. The third-order valence-electron chi connectivity index (χ3n) is 5.30. The number of H-pyrrole nitrogens is 1. The van der Waals surface area contributed by atoms with E-state index < -0.39 is 11.7 Å². The number of carbonyl (C=O) groups excluding carboxylic acids is 2. The third kappa shape index (κ3) is 4.46. The number of anilines is 2. The SMILES string of the molecule is CC(C)(C)OC(=O)N(c1c(Br)cnc2[nH]cc(NC(=O)C3CC3)c12)[C@@H]1CCCNC1. The first-order chi connectivity index (χ1) is 14.2. The first kappa shape index (κ1) is 21.1. The van der Waals surface area contributed by atoms with E-state index in [1.807, 2.05) is 20.8 Å². The Bertz CT molecular complexity index is 957. The van der Waals surface area contributed by atoms with Crippen molar-refractivity contribution in [1.82, 2.24) is 15.3 Å². The predicted octanol–water partition coefficient (Wildman–Crippen LogP) is 4.17. The number of pyridine rings is 1. The first-order valence-corrected chi connectivity index (χ1v) is 11.2. The fourth-order valence-corrected chi connectivity index (χ4v) is 4.25. The number of ether oxygens (including phenoxy) is 1. The van der Waals surface area contributed by atoms with Crippen LogP contribution in [-0.2, 0) is 9.53 Å². The van der Waals surface area contributed by atoms with Crippen LogP contribution >= 0.6 is 15.9 Å². The van der Waals surface area contributed by atoms with Crippen LogP contribution in [0.2, 0.25) is 0 Å². The predicted molar refractivity (Wildman–Crippen MR) is 120 cm³/mol. The smallest absolute Gasteiger partial charge is 0.415 e. The van der Waals surface area contributed by atoms with Gasteiger partial charge in [0, 0.05) is 24.9 Å². The minimum Gasteiger partial charge on any atom is -0.443 e. The highest BCUT2D eigenvalue weighted by atomic mass is 79.9. The lowest BCUT2D eigenvalue weighted by Crippen LogP contribution is -2.50. The third-order valence-corrected chi connectivity index (χ3v) is 5.88. The Kier molecular flexibility index (Phi) is 5.76. The molecule has 2 aliphatic rings. The van der Waals surface area contributed by atoms with Crippen molar-refractivity contribution < 1.29 is 14.3 Å². The summed E-state index contributed by atoms with van der Waals surface area (Å²) in [4.78, 5) is 35.1. The number of piperidine rings is 1. The van der Waals surface area contributed by atoms with Gasteiger partial charge in [-0.2, -0.15) is 0 Å². The summed E-state index contributed by atoms with van der Waals surface area (Å²) in [6.45, 7) is 7.17. The van der Waals surface area contributed by atoms with Gasteiger partial charge in [-0.1, -0.05) is 0 Å². The van der Waals surface area contributed by atoms with Gasteiger partial charge in [0.2, 0.25) is 5.91 Å². The molecular weight excluding hydrogens is 450 g/mol. The molecule has 3 N–H and O–H groups in total. The molecule has 2 aromatic rings. The first-order valence-electron chi connectivity index (χ1n) is 10.4. The fourth-order valence-electron chi connectivity index (χ4n) is 3.76. The largest absolute Gasteiger partial charge is 0.443 e. The summed E-state index contributed by atoms with van der Waals surface area (Å²) < 4.78 is 6.45. The van der Waals surface area contributed by atoms with E-state index in [9.17, 15) is 9.59 Å². The summed E-state index contributed by atoms with van der Waals surface area (Å²) in [6, 6.07) is -0.0719. The van der Waals surface area contributed by atoms with Gasteiger partial charge in [-0.25, -0.2) is 9.78 Å². The molecule has 2 aromatic heterocycles. The van der Waals surface area contributed by atoms with Crippen LogP contribution in [0.5, 0.6) is 0 Å².